The van der Waals surface area contributed by atoms with Gasteiger partial charge in [0.15, 0.2) is 17.5 Å². The summed E-state index contributed by atoms with van der Waals surface area (Å²) < 4.78 is 2.47. The molecule has 246 valence electrons. The van der Waals surface area contributed by atoms with Gasteiger partial charge < -0.3 is 4.40 Å². The van der Waals surface area contributed by atoms with Gasteiger partial charge >= 0.3 is 0 Å². The van der Waals surface area contributed by atoms with Crippen LogP contribution in [0.4, 0.5) is 0 Å². The molecule has 0 spiro atoms. The van der Waals surface area contributed by atoms with Crippen molar-refractivity contribution in [3.8, 4) is 56.4 Å². The third kappa shape index (κ3) is 4.59. The SMILES string of the molecule is c1ccc(-c2ccc(-c3nc(-c4ccccc4)nc(-c4ccccc4-c4ccc5c6cccc7cccc(c76)n6c7ccccc7c4c56)n3)cc2)cc1. The lowest BCUT2D eigenvalue weighted by Crippen LogP contribution is -2.01. The minimum Gasteiger partial charge on any atom is -0.308 e. The van der Waals surface area contributed by atoms with Crippen molar-refractivity contribution in [2.45, 2.75) is 0 Å². The van der Waals surface area contributed by atoms with E-state index in [2.05, 4.69) is 162 Å². The summed E-state index contributed by atoms with van der Waals surface area (Å²) in [5.41, 5.74) is 11.0. The molecule has 0 unspecified atom stereocenters. The Morgan fingerprint density at radius 2 is 0.849 bits per heavy atom. The standard InChI is InChI=1S/C49H30N4/c1-3-13-31(14-4-1)32-25-27-35(28-26-32)48-50-47(34-15-5-2-6-16-34)51-49(52-48)40-20-8-7-19-36(40)38-29-30-39-37-22-11-17-33-18-12-24-43(44(33)37)53-42-23-10-9-21-41(42)45(38)46(39)53/h1-30H. The second-order valence-corrected chi connectivity index (χ2v) is 13.6. The summed E-state index contributed by atoms with van der Waals surface area (Å²) in [6.07, 6.45) is 0. The number of rotatable bonds is 5. The molecule has 3 aromatic heterocycles. The first kappa shape index (κ1) is 29.5. The van der Waals surface area contributed by atoms with Gasteiger partial charge in [-0.15, -0.1) is 0 Å². The van der Waals surface area contributed by atoms with E-state index >= 15 is 0 Å². The highest BCUT2D eigenvalue weighted by molar-refractivity contribution is 6.29. The van der Waals surface area contributed by atoms with Crippen LogP contribution in [0, 0.1) is 0 Å². The maximum atomic E-state index is 5.21. The Kier molecular flexibility index (Phi) is 6.52. The van der Waals surface area contributed by atoms with Crippen molar-refractivity contribution in [1.82, 2.24) is 19.4 Å². The smallest absolute Gasteiger partial charge is 0.164 e. The number of pyridine rings is 1. The number of hydrogen-bond acceptors (Lipinski definition) is 3. The minimum absolute atomic E-state index is 0.638. The van der Waals surface area contributed by atoms with E-state index in [0.717, 1.165) is 33.4 Å². The van der Waals surface area contributed by atoms with E-state index in [1.807, 2.05) is 24.3 Å². The topological polar surface area (TPSA) is 43.1 Å². The fourth-order valence-electron chi connectivity index (χ4n) is 8.22. The van der Waals surface area contributed by atoms with Crippen LogP contribution in [0.5, 0.6) is 0 Å². The van der Waals surface area contributed by atoms with Crippen molar-refractivity contribution in [2.75, 3.05) is 0 Å². The van der Waals surface area contributed by atoms with Crippen molar-refractivity contribution < 1.29 is 0 Å². The Bertz CT molecular complexity index is 3140. The molecule has 0 bridgehead atoms. The third-order valence-corrected chi connectivity index (χ3v) is 10.6. The maximum absolute atomic E-state index is 5.21. The fourth-order valence-corrected chi connectivity index (χ4v) is 8.22. The van der Waals surface area contributed by atoms with Crippen molar-refractivity contribution in [3.63, 3.8) is 0 Å². The van der Waals surface area contributed by atoms with Gasteiger partial charge in [0.1, 0.15) is 0 Å². The summed E-state index contributed by atoms with van der Waals surface area (Å²) in [5.74, 6) is 1.92. The van der Waals surface area contributed by atoms with Crippen LogP contribution in [0.1, 0.15) is 0 Å². The first-order chi connectivity index (χ1) is 26.3. The molecular weight excluding hydrogens is 645 g/mol. The van der Waals surface area contributed by atoms with E-state index in [1.54, 1.807) is 0 Å². The van der Waals surface area contributed by atoms with Crippen molar-refractivity contribution in [3.05, 3.63) is 182 Å². The molecule has 3 heterocycles. The molecule has 8 aromatic carbocycles. The molecule has 53 heavy (non-hydrogen) atoms. The van der Waals surface area contributed by atoms with E-state index < -0.39 is 0 Å². The van der Waals surface area contributed by atoms with Gasteiger partial charge in [0.2, 0.25) is 0 Å². The van der Waals surface area contributed by atoms with Gasteiger partial charge in [-0.25, -0.2) is 15.0 Å². The molecule has 0 fully saturated rings. The first-order valence-corrected chi connectivity index (χ1v) is 18.0. The quantitative estimate of drug-likeness (QED) is 0.135. The Morgan fingerprint density at radius 1 is 0.302 bits per heavy atom. The van der Waals surface area contributed by atoms with Gasteiger partial charge in [-0.3, -0.25) is 0 Å². The zero-order valence-electron chi connectivity index (χ0n) is 28.6. The normalized spacial score (nSPS) is 11.8. The molecular formula is C49H30N4. The monoisotopic (exact) mass is 674 g/mol. The zero-order chi connectivity index (χ0) is 34.9. The predicted molar refractivity (Wildman–Crippen MR) is 219 cm³/mol. The van der Waals surface area contributed by atoms with Crippen LogP contribution in [0.15, 0.2) is 182 Å². The molecule has 11 rings (SSSR count). The molecule has 11 aromatic rings. The van der Waals surface area contributed by atoms with Crippen LogP contribution in [0.25, 0.3) is 105 Å². The lowest BCUT2D eigenvalue weighted by atomic mass is 9.92. The molecule has 0 saturated heterocycles. The van der Waals surface area contributed by atoms with E-state index in [9.17, 15) is 0 Å². The summed E-state index contributed by atoms with van der Waals surface area (Å²) in [4.78, 5) is 15.4. The molecule has 0 radical (unpaired) electrons. The molecule has 0 N–H and O–H groups in total. The molecule has 0 aliphatic heterocycles. The molecule has 0 aliphatic carbocycles. The highest BCUT2D eigenvalue weighted by Crippen LogP contribution is 2.45. The zero-order valence-corrected chi connectivity index (χ0v) is 28.6. The van der Waals surface area contributed by atoms with Crippen molar-refractivity contribution >= 4 is 48.9 Å². The molecule has 4 nitrogen and oxygen atoms in total. The molecule has 0 saturated carbocycles. The van der Waals surface area contributed by atoms with Crippen LogP contribution in [0.2, 0.25) is 0 Å². The van der Waals surface area contributed by atoms with Gasteiger partial charge in [-0.1, -0.05) is 170 Å². The first-order valence-electron chi connectivity index (χ1n) is 18.0. The van der Waals surface area contributed by atoms with E-state index in [4.69, 9.17) is 15.0 Å². The number of hydrogen-bond donors (Lipinski definition) is 0. The van der Waals surface area contributed by atoms with Gasteiger partial charge in [0.05, 0.1) is 16.6 Å². The molecule has 0 atom stereocenters. The van der Waals surface area contributed by atoms with Gasteiger partial charge in [-0.2, -0.15) is 0 Å². The lowest BCUT2D eigenvalue weighted by Gasteiger charge is -2.16. The summed E-state index contributed by atoms with van der Waals surface area (Å²) in [6, 6.07) is 64.3. The van der Waals surface area contributed by atoms with Gasteiger partial charge in [0.25, 0.3) is 0 Å². The van der Waals surface area contributed by atoms with E-state index in [0.29, 0.717) is 17.5 Å². The van der Waals surface area contributed by atoms with E-state index in [-0.39, 0.29) is 0 Å². The van der Waals surface area contributed by atoms with Crippen molar-refractivity contribution in [1.29, 1.82) is 0 Å². The summed E-state index contributed by atoms with van der Waals surface area (Å²) >= 11 is 0. The summed E-state index contributed by atoms with van der Waals surface area (Å²) in [6.45, 7) is 0. The fraction of sp³-hybridized carbons (Fsp3) is 0. The molecule has 4 heteroatoms. The molecule has 0 amide bonds. The number of benzene rings is 8. The van der Waals surface area contributed by atoms with E-state index in [1.165, 1.54) is 54.4 Å². The predicted octanol–water partition coefficient (Wildman–Crippen LogP) is 12.5. The Balaban J connectivity index is 1.16. The third-order valence-electron chi connectivity index (χ3n) is 10.6. The van der Waals surface area contributed by atoms with Gasteiger partial charge in [0, 0.05) is 38.2 Å². The number of aromatic nitrogens is 4. The maximum Gasteiger partial charge on any atom is 0.164 e. The van der Waals surface area contributed by atoms with Crippen LogP contribution in [0.3, 0.4) is 0 Å². The second kappa shape index (κ2) is 11.7. The van der Waals surface area contributed by atoms with Crippen LogP contribution in [-0.2, 0) is 0 Å². The average Bonchev–Trinajstić information content (AvgIpc) is 3.59. The minimum atomic E-state index is 0.638. The van der Waals surface area contributed by atoms with Crippen LogP contribution >= 0.6 is 0 Å². The summed E-state index contributed by atoms with van der Waals surface area (Å²) in [5, 5.41) is 7.51. The highest BCUT2D eigenvalue weighted by atomic mass is 15.0. The molecule has 0 aliphatic rings. The Morgan fingerprint density at radius 3 is 1.62 bits per heavy atom. The Labute approximate surface area is 305 Å². The van der Waals surface area contributed by atoms with Crippen LogP contribution < -0.4 is 0 Å². The van der Waals surface area contributed by atoms with Gasteiger partial charge in [-0.05, 0) is 45.2 Å². The number of fused-ring (bicyclic) bond motifs is 5. The van der Waals surface area contributed by atoms with Crippen LogP contribution in [-0.4, -0.2) is 19.4 Å². The highest BCUT2D eigenvalue weighted by Gasteiger charge is 2.22. The average molecular weight is 675 g/mol. The number of para-hydroxylation sites is 1. The lowest BCUT2D eigenvalue weighted by molar-refractivity contribution is 1.07. The largest absolute Gasteiger partial charge is 0.308 e. The Hall–Kier alpha value is -7.17. The summed E-state index contributed by atoms with van der Waals surface area (Å²) in [7, 11) is 0. The second-order valence-electron chi connectivity index (χ2n) is 13.6. The number of nitrogens with zero attached hydrogens (tertiary/aromatic N) is 4. The van der Waals surface area contributed by atoms with Crippen molar-refractivity contribution in [2.24, 2.45) is 0 Å².